The standard InChI is InChI=1S/C13H15FO/c1-9-6-7-11(14)8-12(9)13(15)10-4-2-3-5-10/h6-8,10H,2-5H2,1H3. The number of hydrogen-bond acceptors (Lipinski definition) is 1. The van der Waals surface area contributed by atoms with Crippen LogP contribution in [0.1, 0.15) is 41.6 Å². The van der Waals surface area contributed by atoms with Gasteiger partial charge in [0.1, 0.15) is 5.82 Å². The van der Waals surface area contributed by atoms with E-state index in [0.29, 0.717) is 5.56 Å². The second-order valence-electron chi connectivity index (χ2n) is 4.30. The van der Waals surface area contributed by atoms with Crippen molar-refractivity contribution in [2.75, 3.05) is 0 Å². The minimum atomic E-state index is -0.318. The predicted octanol–water partition coefficient (Wildman–Crippen LogP) is 3.51. The van der Waals surface area contributed by atoms with Gasteiger partial charge in [0, 0.05) is 11.5 Å². The van der Waals surface area contributed by atoms with E-state index in [0.717, 1.165) is 31.2 Å². The highest BCUT2D eigenvalue weighted by Crippen LogP contribution is 2.29. The smallest absolute Gasteiger partial charge is 0.166 e. The van der Waals surface area contributed by atoms with Gasteiger partial charge in [-0.3, -0.25) is 4.79 Å². The number of halogens is 1. The summed E-state index contributed by atoms with van der Waals surface area (Å²) in [7, 11) is 0. The first-order valence-electron chi connectivity index (χ1n) is 5.49. The summed E-state index contributed by atoms with van der Waals surface area (Å²) in [6.45, 7) is 1.86. The highest BCUT2D eigenvalue weighted by atomic mass is 19.1. The molecule has 0 aromatic heterocycles. The van der Waals surface area contributed by atoms with E-state index in [1.54, 1.807) is 6.07 Å². The van der Waals surface area contributed by atoms with E-state index >= 15 is 0 Å². The monoisotopic (exact) mass is 206 g/mol. The first-order valence-corrected chi connectivity index (χ1v) is 5.49. The van der Waals surface area contributed by atoms with Crippen LogP contribution in [0.4, 0.5) is 4.39 Å². The van der Waals surface area contributed by atoms with Gasteiger partial charge in [-0.2, -0.15) is 0 Å². The molecule has 0 radical (unpaired) electrons. The quantitative estimate of drug-likeness (QED) is 0.677. The van der Waals surface area contributed by atoms with Gasteiger partial charge in [-0.1, -0.05) is 18.9 Å². The summed E-state index contributed by atoms with van der Waals surface area (Å²) in [5, 5.41) is 0. The Kier molecular flexibility index (Phi) is 2.85. The molecule has 1 saturated carbocycles. The van der Waals surface area contributed by atoms with Gasteiger partial charge in [-0.05, 0) is 37.5 Å². The average molecular weight is 206 g/mol. The molecule has 0 aliphatic heterocycles. The van der Waals surface area contributed by atoms with Crippen LogP contribution in [0, 0.1) is 18.7 Å². The van der Waals surface area contributed by atoms with Gasteiger partial charge in [0.2, 0.25) is 0 Å². The van der Waals surface area contributed by atoms with Crippen LogP contribution in [0.3, 0.4) is 0 Å². The molecule has 2 rings (SSSR count). The van der Waals surface area contributed by atoms with Crippen LogP contribution in [0.5, 0.6) is 0 Å². The summed E-state index contributed by atoms with van der Waals surface area (Å²) in [4.78, 5) is 12.1. The van der Waals surface area contributed by atoms with Crippen molar-refractivity contribution >= 4 is 5.78 Å². The van der Waals surface area contributed by atoms with Crippen molar-refractivity contribution in [2.45, 2.75) is 32.6 Å². The van der Waals surface area contributed by atoms with E-state index in [4.69, 9.17) is 0 Å². The highest BCUT2D eigenvalue weighted by molar-refractivity contribution is 5.99. The molecule has 0 bridgehead atoms. The normalized spacial score (nSPS) is 16.9. The summed E-state index contributed by atoms with van der Waals surface area (Å²) < 4.78 is 13.0. The zero-order valence-electron chi connectivity index (χ0n) is 8.92. The average Bonchev–Trinajstić information content (AvgIpc) is 2.74. The number of hydrogen-bond donors (Lipinski definition) is 0. The third-order valence-electron chi connectivity index (χ3n) is 3.19. The van der Waals surface area contributed by atoms with Crippen LogP contribution in [0.2, 0.25) is 0 Å². The third-order valence-corrected chi connectivity index (χ3v) is 3.19. The van der Waals surface area contributed by atoms with Crippen LogP contribution >= 0.6 is 0 Å². The Morgan fingerprint density at radius 1 is 1.33 bits per heavy atom. The van der Waals surface area contributed by atoms with E-state index in [1.807, 2.05) is 6.92 Å². The Labute approximate surface area is 89.3 Å². The molecule has 0 heterocycles. The zero-order valence-corrected chi connectivity index (χ0v) is 8.92. The lowest BCUT2D eigenvalue weighted by molar-refractivity contribution is 0.0922. The summed E-state index contributed by atoms with van der Waals surface area (Å²) in [5.41, 5.74) is 1.45. The summed E-state index contributed by atoms with van der Waals surface area (Å²) in [5.74, 6) is -0.0584. The van der Waals surface area contributed by atoms with E-state index in [2.05, 4.69) is 0 Å². The number of benzene rings is 1. The maximum absolute atomic E-state index is 13.0. The number of aryl methyl sites for hydroxylation is 1. The summed E-state index contributed by atoms with van der Waals surface area (Å²) in [6.07, 6.45) is 4.19. The van der Waals surface area contributed by atoms with Crippen LogP contribution in [-0.2, 0) is 0 Å². The lowest BCUT2D eigenvalue weighted by atomic mass is 9.93. The second-order valence-corrected chi connectivity index (χ2v) is 4.30. The molecule has 1 aromatic rings. The first kappa shape index (κ1) is 10.3. The van der Waals surface area contributed by atoms with Crippen molar-refractivity contribution in [3.05, 3.63) is 35.1 Å². The maximum atomic E-state index is 13.0. The molecule has 0 N–H and O–H groups in total. The lowest BCUT2D eigenvalue weighted by Crippen LogP contribution is -2.12. The van der Waals surface area contributed by atoms with Crippen molar-refractivity contribution in [1.29, 1.82) is 0 Å². The van der Waals surface area contributed by atoms with Gasteiger partial charge in [-0.25, -0.2) is 4.39 Å². The lowest BCUT2D eigenvalue weighted by Gasteiger charge is -2.10. The Morgan fingerprint density at radius 3 is 2.67 bits per heavy atom. The molecule has 1 fully saturated rings. The Morgan fingerprint density at radius 2 is 2.00 bits per heavy atom. The molecule has 2 heteroatoms. The Hall–Kier alpha value is -1.18. The van der Waals surface area contributed by atoms with Gasteiger partial charge in [0.25, 0.3) is 0 Å². The Balaban J connectivity index is 2.27. The van der Waals surface area contributed by atoms with E-state index in [9.17, 15) is 9.18 Å². The number of carbonyl (C=O) groups is 1. The molecule has 0 saturated heterocycles. The summed E-state index contributed by atoms with van der Waals surface area (Å²) in [6, 6.07) is 4.45. The van der Waals surface area contributed by atoms with E-state index in [1.165, 1.54) is 12.1 Å². The molecule has 80 valence electrons. The molecule has 1 nitrogen and oxygen atoms in total. The number of rotatable bonds is 2. The van der Waals surface area contributed by atoms with Crippen molar-refractivity contribution in [1.82, 2.24) is 0 Å². The van der Waals surface area contributed by atoms with Gasteiger partial charge in [0.15, 0.2) is 5.78 Å². The fourth-order valence-corrected chi connectivity index (χ4v) is 2.27. The van der Waals surface area contributed by atoms with Crippen LogP contribution in [0.25, 0.3) is 0 Å². The molecule has 1 aliphatic rings. The molecule has 0 atom stereocenters. The van der Waals surface area contributed by atoms with Crippen LogP contribution in [0.15, 0.2) is 18.2 Å². The minimum Gasteiger partial charge on any atom is -0.294 e. The number of ketones is 1. The molecule has 15 heavy (non-hydrogen) atoms. The number of Topliss-reactive ketones (excluding diaryl/α,β-unsaturated/α-hetero) is 1. The number of carbonyl (C=O) groups excluding carboxylic acids is 1. The van der Waals surface area contributed by atoms with Gasteiger partial charge < -0.3 is 0 Å². The first-order chi connectivity index (χ1) is 7.18. The maximum Gasteiger partial charge on any atom is 0.166 e. The Bertz CT molecular complexity index is 378. The molecule has 0 spiro atoms. The molecular formula is C13H15FO. The van der Waals surface area contributed by atoms with Crippen LogP contribution < -0.4 is 0 Å². The fourth-order valence-electron chi connectivity index (χ4n) is 2.27. The van der Waals surface area contributed by atoms with Gasteiger partial charge in [0.05, 0.1) is 0 Å². The highest BCUT2D eigenvalue weighted by Gasteiger charge is 2.24. The van der Waals surface area contributed by atoms with Crippen molar-refractivity contribution < 1.29 is 9.18 Å². The zero-order chi connectivity index (χ0) is 10.8. The predicted molar refractivity (Wildman–Crippen MR) is 57.4 cm³/mol. The van der Waals surface area contributed by atoms with E-state index in [-0.39, 0.29) is 17.5 Å². The molecular weight excluding hydrogens is 191 g/mol. The van der Waals surface area contributed by atoms with Crippen molar-refractivity contribution in [2.24, 2.45) is 5.92 Å². The van der Waals surface area contributed by atoms with Crippen LogP contribution in [-0.4, -0.2) is 5.78 Å². The van der Waals surface area contributed by atoms with Crippen molar-refractivity contribution in [3.63, 3.8) is 0 Å². The molecule has 0 unspecified atom stereocenters. The SMILES string of the molecule is Cc1ccc(F)cc1C(=O)C1CCCC1. The minimum absolute atomic E-state index is 0.129. The molecule has 1 aromatic carbocycles. The van der Waals surface area contributed by atoms with Crippen molar-refractivity contribution in [3.8, 4) is 0 Å². The van der Waals surface area contributed by atoms with Gasteiger partial charge in [-0.15, -0.1) is 0 Å². The summed E-state index contributed by atoms with van der Waals surface area (Å²) >= 11 is 0. The van der Waals surface area contributed by atoms with Gasteiger partial charge >= 0.3 is 0 Å². The molecule has 1 aliphatic carbocycles. The third kappa shape index (κ3) is 2.09. The molecule has 0 amide bonds. The second kappa shape index (κ2) is 4.13. The van der Waals surface area contributed by atoms with E-state index < -0.39 is 0 Å². The largest absolute Gasteiger partial charge is 0.294 e. The topological polar surface area (TPSA) is 17.1 Å². The fraction of sp³-hybridized carbons (Fsp3) is 0.462.